The molecule has 1 saturated carbocycles. The van der Waals surface area contributed by atoms with E-state index in [0.717, 1.165) is 48.4 Å². The maximum Gasteiger partial charge on any atom is 0.231 e. The van der Waals surface area contributed by atoms with Crippen LogP contribution in [0.15, 0.2) is 72.8 Å². The highest BCUT2D eigenvalue weighted by molar-refractivity contribution is 7.90. The fourth-order valence-electron chi connectivity index (χ4n) is 4.72. The van der Waals surface area contributed by atoms with Crippen molar-refractivity contribution in [2.75, 3.05) is 48.9 Å². The van der Waals surface area contributed by atoms with Gasteiger partial charge in [0.05, 0.1) is 16.2 Å². The van der Waals surface area contributed by atoms with Crippen LogP contribution in [0.4, 0.5) is 23.1 Å². The minimum absolute atomic E-state index is 0.354. The molecule has 38 heavy (non-hydrogen) atoms. The predicted octanol–water partition coefficient (Wildman–Crippen LogP) is 4.20. The van der Waals surface area contributed by atoms with Crippen LogP contribution in [0.25, 0.3) is 22.0 Å². The van der Waals surface area contributed by atoms with E-state index in [-0.39, 0.29) is 5.25 Å². The van der Waals surface area contributed by atoms with Crippen LogP contribution >= 0.6 is 0 Å². The van der Waals surface area contributed by atoms with Crippen molar-refractivity contribution < 1.29 is 8.42 Å². The van der Waals surface area contributed by atoms with E-state index in [1.54, 1.807) is 0 Å². The van der Waals surface area contributed by atoms with Gasteiger partial charge in [0, 0.05) is 37.6 Å². The maximum absolute atomic E-state index is 12.6. The molecule has 0 spiro atoms. The fourth-order valence-corrected chi connectivity index (χ4v) is 5.88. The van der Waals surface area contributed by atoms with E-state index in [9.17, 15) is 8.42 Å². The number of benzene rings is 3. The average Bonchev–Trinajstić information content (AvgIpc) is 3.80. The minimum Gasteiger partial charge on any atom is -0.369 e. The zero-order chi connectivity index (χ0) is 26.1. The van der Waals surface area contributed by atoms with E-state index in [1.165, 1.54) is 5.69 Å². The smallest absolute Gasteiger partial charge is 0.231 e. The predicted molar refractivity (Wildman–Crippen MR) is 153 cm³/mol. The lowest BCUT2D eigenvalue weighted by Crippen LogP contribution is -2.44. The second-order valence-electron chi connectivity index (χ2n) is 9.90. The lowest BCUT2D eigenvalue weighted by Gasteiger charge is -2.34. The monoisotopic (exact) mass is 529 g/mol. The molecular formula is C28H31N7O2S. The van der Waals surface area contributed by atoms with Crippen molar-refractivity contribution in [1.82, 2.24) is 19.7 Å². The summed E-state index contributed by atoms with van der Waals surface area (Å²) in [6.45, 7) is 4.12. The van der Waals surface area contributed by atoms with Crippen molar-refractivity contribution in [2.45, 2.75) is 18.1 Å². The number of nitrogens with zero attached hydrogens (tertiary/aromatic N) is 4. The Balaban J connectivity index is 1.32. The standard InChI is InChI=1S/C28H31N7O2S/c1-34-16-18-35(19-17-34)22-12-10-21(11-13-22)29-28-30-25-9-5-8-24(20-6-3-2-4-7-20)26(25)27(31-28)32-33-38(36,37)23-14-15-23/h2-13,23,33H,14-19H2,1H3,(H2,29,30,31,32). The summed E-state index contributed by atoms with van der Waals surface area (Å²) in [4.78, 5) is 16.7. The molecular weight excluding hydrogens is 498 g/mol. The summed E-state index contributed by atoms with van der Waals surface area (Å²) in [5.74, 6) is 0.776. The Kier molecular flexibility index (Phi) is 6.61. The molecule has 0 amide bonds. The molecule has 1 saturated heterocycles. The molecule has 0 radical (unpaired) electrons. The molecule has 2 aliphatic rings. The number of rotatable bonds is 8. The summed E-state index contributed by atoms with van der Waals surface area (Å²) in [6, 6.07) is 24.0. The van der Waals surface area contributed by atoms with Gasteiger partial charge in [-0.3, -0.25) is 5.43 Å². The molecule has 1 aliphatic heterocycles. The number of hydrazine groups is 1. The molecule has 10 heteroatoms. The molecule has 6 rings (SSSR count). The lowest BCUT2D eigenvalue weighted by atomic mass is 10.0. The Hall–Kier alpha value is -3.73. The summed E-state index contributed by atoms with van der Waals surface area (Å²) in [7, 11) is -1.32. The number of fused-ring (bicyclic) bond motifs is 1. The van der Waals surface area contributed by atoms with E-state index in [1.807, 2.05) is 60.7 Å². The first-order chi connectivity index (χ1) is 18.5. The van der Waals surface area contributed by atoms with Crippen LogP contribution in [0.5, 0.6) is 0 Å². The Labute approximate surface area is 222 Å². The number of nitrogens with one attached hydrogen (secondary N) is 3. The number of hydrogen-bond acceptors (Lipinski definition) is 8. The van der Waals surface area contributed by atoms with Gasteiger partial charge in [-0.05, 0) is 61.3 Å². The first-order valence-electron chi connectivity index (χ1n) is 12.9. The molecule has 3 aromatic carbocycles. The summed E-state index contributed by atoms with van der Waals surface area (Å²) in [5, 5.41) is 3.69. The van der Waals surface area contributed by atoms with Crippen molar-refractivity contribution in [3.63, 3.8) is 0 Å². The van der Waals surface area contributed by atoms with Gasteiger partial charge in [0.2, 0.25) is 16.0 Å². The van der Waals surface area contributed by atoms with Gasteiger partial charge >= 0.3 is 0 Å². The van der Waals surface area contributed by atoms with Crippen LogP contribution in [0, 0.1) is 0 Å². The maximum atomic E-state index is 12.6. The van der Waals surface area contributed by atoms with Crippen molar-refractivity contribution in [3.8, 4) is 11.1 Å². The molecule has 0 atom stereocenters. The fraction of sp³-hybridized carbons (Fsp3) is 0.286. The van der Waals surface area contributed by atoms with Crippen LogP contribution in [0.3, 0.4) is 0 Å². The van der Waals surface area contributed by atoms with Gasteiger partial charge < -0.3 is 15.1 Å². The molecule has 1 aliphatic carbocycles. The molecule has 2 heterocycles. The Morgan fingerprint density at radius 1 is 0.842 bits per heavy atom. The van der Waals surface area contributed by atoms with Crippen molar-refractivity contribution in [1.29, 1.82) is 0 Å². The van der Waals surface area contributed by atoms with Crippen molar-refractivity contribution >= 4 is 44.1 Å². The Morgan fingerprint density at radius 3 is 2.29 bits per heavy atom. The number of likely N-dealkylation sites (N-methyl/N-ethyl adjacent to an activating group) is 1. The van der Waals surface area contributed by atoms with E-state index >= 15 is 0 Å². The van der Waals surface area contributed by atoms with Gasteiger partial charge in [0.1, 0.15) is 0 Å². The summed E-state index contributed by atoms with van der Waals surface area (Å²) in [6.07, 6.45) is 1.35. The summed E-state index contributed by atoms with van der Waals surface area (Å²) in [5.41, 5.74) is 7.55. The second kappa shape index (κ2) is 10.2. The average molecular weight is 530 g/mol. The van der Waals surface area contributed by atoms with E-state index < -0.39 is 10.0 Å². The molecule has 0 bridgehead atoms. The van der Waals surface area contributed by atoms with E-state index in [4.69, 9.17) is 9.97 Å². The molecule has 9 nitrogen and oxygen atoms in total. The van der Waals surface area contributed by atoms with Crippen LogP contribution < -0.4 is 20.5 Å². The Morgan fingerprint density at radius 2 is 1.58 bits per heavy atom. The van der Waals surface area contributed by atoms with Crippen molar-refractivity contribution in [3.05, 3.63) is 72.8 Å². The topological polar surface area (TPSA) is 102 Å². The zero-order valence-electron chi connectivity index (χ0n) is 21.3. The van der Waals surface area contributed by atoms with Gasteiger partial charge in [-0.25, -0.2) is 13.4 Å². The Bertz CT molecular complexity index is 1530. The highest BCUT2D eigenvalue weighted by Crippen LogP contribution is 2.34. The molecule has 2 fully saturated rings. The number of hydrogen-bond donors (Lipinski definition) is 3. The zero-order valence-corrected chi connectivity index (χ0v) is 22.1. The summed E-state index contributed by atoms with van der Waals surface area (Å²) >= 11 is 0. The number of piperazine rings is 1. The third kappa shape index (κ3) is 5.28. The highest BCUT2D eigenvalue weighted by atomic mass is 32.2. The van der Waals surface area contributed by atoms with Gasteiger partial charge in [0.15, 0.2) is 5.82 Å². The molecule has 1 aromatic heterocycles. The largest absolute Gasteiger partial charge is 0.369 e. The number of anilines is 4. The second-order valence-corrected chi connectivity index (χ2v) is 11.9. The molecule has 196 valence electrons. The van der Waals surface area contributed by atoms with Gasteiger partial charge in [-0.15, -0.1) is 4.83 Å². The quantitative estimate of drug-likeness (QED) is 0.292. The first kappa shape index (κ1) is 24.6. The number of aromatic nitrogens is 2. The van der Waals surface area contributed by atoms with E-state index in [0.29, 0.717) is 30.1 Å². The first-order valence-corrected chi connectivity index (χ1v) is 14.4. The van der Waals surface area contributed by atoms with Gasteiger partial charge in [-0.2, -0.15) is 4.98 Å². The van der Waals surface area contributed by atoms with E-state index in [2.05, 4.69) is 44.6 Å². The van der Waals surface area contributed by atoms with Crippen molar-refractivity contribution in [2.24, 2.45) is 0 Å². The highest BCUT2D eigenvalue weighted by Gasteiger charge is 2.35. The molecule has 0 unspecified atom stereocenters. The SMILES string of the molecule is CN1CCN(c2ccc(Nc3nc(NNS(=O)(=O)C4CC4)c4c(-c5ccccc5)cccc4n3)cc2)CC1. The van der Waals surface area contributed by atoms with Crippen LogP contribution in [-0.2, 0) is 10.0 Å². The third-order valence-electron chi connectivity index (χ3n) is 7.07. The van der Waals surface area contributed by atoms with Crippen LogP contribution in [-0.4, -0.2) is 61.8 Å². The summed E-state index contributed by atoms with van der Waals surface area (Å²) < 4.78 is 25.1. The van der Waals surface area contributed by atoms with Gasteiger partial charge in [0.25, 0.3) is 0 Å². The lowest BCUT2D eigenvalue weighted by molar-refractivity contribution is 0.313. The minimum atomic E-state index is -3.47. The number of sulfonamides is 1. The van der Waals surface area contributed by atoms with Crippen LogP contribution in [0.1, 0.15) is 12.8 Å². The third-order valence-corrected chi connectivity index (χ3v) is 8.81. The normalized spacial score (nSPS) is 16.5. The van der Waals surface area contributed by atoms with Gasteiger partial charge in [-0.1, -0.05) is 42.5 Å². The van der Waals surface area contributed by atoms with Crippen LogP contribution in [0.2, 0.25) is 0 Å². The molecule has 4 aromatic rings. The molecule has 3 N–H and O–H groups in total.